The van der Waals surface area contributed by atoms with Gasteiger partial charge in [-0.1, -0.05) is 0 Å². The second-order valence-corrected chi connectivity index (χ2v) is 5.63. The minimum absolute atomic E-state index is 0.158. The summed E-state index contributed by atoms with van der Waals surface area (Å²) in [7, 11) is 0. The zero-order valence-electron chi connectivity index (χ0n) is 9.72. The van der Waals surface area contributed by atoms with Gasteiger partial charge in [0, 0.05) is 12.1 Å². The molecular formula is C11H20N2O2. The van der Waals surface area contributed by atoms with Crippen molar-refractivity contribution in [3.05, 3.63) is 0 Å². The summed E-state index contributed by atoms with van der Waals surface area (Å²) in [6, 6.07) is 0. The Labute approximate surface area is 90.8 Å². The Bertz CT molecular complexity index is 272. The van der Waals surface area contributed by atoms with Crippen LogP contribution in [0.5, 0.6) is 0 Å². The van der Waals surface area contributed by atoms with Crippen molar-refractivity contribution in [3.63, 3.8) is 0 Å². The summed E-state index contributed by atoms with van der Waals surface area (Å²) >= 11 is 0. The van der Waals surface area contributed by atoms with Crippen molar-refractivity contribution in [3.8, 4) is 0 Å². The molecule has 0 aromatic carbocycles. The molecule has 0 spiro atoms. The number of piperidine rings is 1. The van der Waals surface area contributed by atoms with Gasteiger partial charge in [-0.3, -0.25) is 10.1 Å². The maximum atomic E-state index is 11.5. The highest BCUT2D eigenvalue weighted by Gasteiger charge is 2.56. The smallest absolute Gasteiger partial charge is 0.320 e. The molecule has 4 heteroatoms. The van der Waals surface area contributed by atoms with Crippen molar-refractivity contribution in [2.75, 3.05) is 19.6 Å². The molecule has 4 nitrogen and oxygen atoms in total. The van der Waals surface area contributed by atoms with Gasteiger partial charge in [0.25, 0.3) is 0 Å². The van der Waals surface area contributed by atoms with Gasteiger partial charge in [-0.25, -0.2) is 0 Å². The molecule has 2 fully saturated rings. The number of carbonyl (C=O) groups is 1. The van der Waals surface area contributed by atoms with Crippen LogP contribution in [0.25, 0.3) is 0 Å². The lowest BCUT2D eigenvalue weighted by Gasteiger charge is -2.21. The summed E-state index contributed by atoms with van der Waals surface area (Å²) in [4.78, 5) is 11.5. The molecule has 0 aromatic heterocycles. The first-order valence-electron chi connectivity index (χ1n) is 5.59. The van der Waals surface area contributed by atoms with Crippen LogP contribution in [0.3, 0.4) is 0 Å². The Balaban J connectivity index is 1.72. The zero-order valence-corrected chi connectivity index (χ0v) is 9.72. The number of hydrogen-bond acceptors (Lipinski definition) is 4. The Kier molecular flexibility index (Phi) is 2.51. The van der Waals surface area contributed by atoms with Gasteiger partial charge in [0.05, 0.1) is 6.54 Å². The first-order valence-corrected chi connectivity index (χ1v) is 5.59. The van der Waals surface area contributed by atoms with E-state index < -0.39 is 0 Å². The number of fused-ring (bicyclic) bond motifs is 1. The van der Waals surface area contributed by atoms with Crippen molar-refractivity contribution in [1.29, 1.82) is 0 Å². The molecule has 2 rings (SSSR count). The van der Waals surface area contributed by atoms with Gasteiger partial charge in [0.1, 0.15) is 5.60 Å². The Hall–Kier alpha value is -0.610. The summed E-state index contributed by atoms with van der Waals surface area (Å²) in [5.41, 5.74) is -0.176. The molecule has 86 valence electrons. The first-order chi connectivity index (χ1) is 6.91. The molecule has 2 unspecified atom stereocenters. The van der Waals surface area contributed by atoms with Gasteiger partial charge in [-0.15, -0.1) is 0 Å². The van der Waals surface area contributed by atoms with Crippen molar-refractivity contribution in [2.45, 2.75) is 38.3 Å². The monoisotopic (exact) mass is 212 g/mol. The molecule has 15 heavy (non-hydrogen) atoms. The van der Waals surface area contributed by atoms with Gasteiger partial charge < -0.3 is 10.1 Å². The molecule has 2 aliphatic rings. The number of rotatable bonds is 3. The van der Waals surface area contributed by atoms with E-state index in [1.165, 1.54) is 6.42 Å². The van der Waals surface area contributed by atoms with Gasteiger partial charge in [-0.05, 0) is 39.7 Å². The van der Waals surface area contributed by atoms with Crippen molar-refractivity contribution < 1.29 is 9.53 Å². The normalized spacial score (nSPS) is 33.7. The fraction of sp³-hybridized carbons (Fsp3) is 0.909. The molecule has 1 aliphatic carbocycles. The second kappa shape index (κ2) is 3.46. The lowest BCUT2D eigenvalue weighted by Crippen LogP contribution is -2.42. The predicted octanol–water partition coefficient (Wildman–Crippen LogP) is 0.280. The summed E-state index contributed by atoms with van der Waals surface area (Å²) in [6.07, 6.45) is 1.20. The molecule has 0 aromatic rings. The molecule has 2 atom stereocenters. The minimum Gasteiger partial charge on any atom is -0.459 e. The fourth-order valence-corrected chi connectivity index (χ4v) is 2.24. The van der Waals surface area contributed by atoms with E-state index in [1.807, 2.05) is 20.8 Å². The molecule has 0 amide bonds. The molecule has 0 radical (unpaired) electrons. The predicted molar refractivity (Wildman–Crippen MR) is 57.6 cm³/mol. The third-order valence-corrected chi connectivity index (χ3v) is 3.07. The first kappa shape index (κ1) is 10.9. The molecule has 1 saturated carbocycles. The third-order valence-electron chi connectivity index (χ3n) is 3.07. The standard InChI is InChI=1S/C11H20N2O2/c1-10(2,3)15-9(14)6-13-11-4-8(11)5-12-7-11/h8,12-13H,4-7H2,1-3H3. The maximum absolute atomic E-state index is 11.5. The lowest BCUT2D eigenvalue weighted by molar-refractivity contribution is -0.153. The van der Waals surface area contributed by atoms with Crippen molar-refractivity contribution in [2.24, 2.45) is 5.92 Å². The Morgan fingerprint density at radius 3 is 2.80 bits per heavy atom. The summed E-state index contributed by atoms with van der Waals surface area (Å²) < 4.78 is 5.24. The van der Waals surface area contributed by atoms with Crippen LogP contribution in [-0.4, -0.2) is 36.7 Å². The third kappa shape index (κ3) is 2.49. The summed E-state index contributed by atoms with van der Waals surface area (Å²) in [5.74, 6) is 0.564. The molecule has 1 saturated heterocycles. The van der Waals surface area contributed by atoms with Crippen LogP contribution in [0.2, 0.25) is 0 Å². The number of ether oxygens (including phenoxy) is 1. The van der Waals surface area contributed by atoms with Crippen LogP contribution in [-0.2, 0) is 9.53 Å². The van der Waals surface area contributed by atoms with Gasteiger partial charge >= 0.3 is 5.97 Å². The summed E-state index contributed by atoms with van der Waals surface area (Å²) in [5, 5.41) is 6.64. The molecule has 2 N–H and O–H groups in total. The highest BCUT2D eigenvalue weighted by atomic mass is 16.6. The van der Waals surface area contributed by atoms with Gasteiger partial charge in [-0.2, -0.15) is 0 Å². The minimum atomic E-state index is -0.382. The Morgan fingerprint density at radius 1 is 1.60 bits per heavy atom. The molecule has 1 aliphatic heterocycles. The van der Waals surface area contributed by atoms with Crippen LogP contribution < -0.4 is 10.6 Å². The fourth-order valence-electron chi connectivity index (χ4n) is 2.24. The zero-order chi connectivity index (χ0) is 11.1. The van der Waals surface area contributed by atoms with Gasteiger partial charge in [0.15, 0.2) is 0 Å². The number of nitrogens with one attached hydrogen (secondary N) is 2. The van der Waals surface area contributed by atoms with Gasteiger partial charge in [0.2, 0.25) is 0 Å². The van der Waals surface area contributed by atoms with E-state index in [0.29, 0.717) is 6.54 Å². The van der Waals surface area contributed by atoms with Crippen LogP contribution >= 0.6 is 0 Å². The van der Waals surface area contributed by atoms with E-state index in [1.54, 1.807) is 0 Å². The van der Waals surface area contributed by atoms with E-state index in [2.05, 4.69) is 10.6 Å². The largest absolute Gasteiger partial charge is 0.459 e. The van der Waals surface area contributed by atoms with Crippen LogP contribution in [0, 0.1) is 5.92 Å². The van der Waals surface area contributed by atoms with E-state index in [-0.39, 0.29) is 17.1 Å². The second-order valence-electron chi connectivity index (χ2n) is 5.63. The van der Waals surface area contributed by atoms with E-state index in [9.17, 15) is 4.79 Å². The highest BCUT2D eigenvalue weighted by Crippen LogP contribution is 2.45. The Morgan fingerprint density at radius 2 is 2.33 bits per heavy atom. The van der Waals surface area contributed by atoms with Crippen LogP contribution in [0.15, 0.2) is 0 Å². The van der Waals surface area contributed by atoms with E-state index in [4.69, 9.17) is 4.74 Å². The van der Waals surface area contributed by atoms with E-state index in [0.717, 1.165) is 19.0 Å². The average molecular weight is 212 g/mol. The quantitative estimate of drug-likeness (QED) is 0.660. The molecule has 1 heterocycles. The van der Waals surface area contributed by atoms with Crippen LogP contribution in [0.4, 0.5) is 0 Å². The SMILES string of the molecule is CC(C)(C)OC(=O)CNC12CNCC1C2. The highest BCUT2D eigenvalue weighted by molar-refractivity contribution is 5.72. The van der Waals surface area contributed by atoms with Crippen molar-refractivity contribution in [1.82, 2.24) is 10.6 Å². The maximum Gasteiger partial charge on any atom is 0.320 e. The number of carbonyl (C=O) groups excluding carboxylic acids is 1. The molecule has 0 bridgehead atoms. The number of hydrogen-bond donors (Lipinski definition) is 2. The molecular weight excluding hydrogens is 192 g/mol. The van der Waals surface area contributed by atoms with E-state index >= 15 is 0 Å². The average Bonchev–Trinajstić information content (AvgIpc) is 2.63. The van der Waals surface area contributed by atoms with Crippen LogP contribution in [0.1, 0.15) is 27.2 Å². The topological polar surface area (TPSA) is 50.4 Å². The lowest BCUT2D eigenvalue weighted by atomic mass is 10.2. The van der Waals surface area contributed by atoms with Crippen molar-refractivity contribution >= 4 is 5.97 Å². The number of esters is 1. The summed E-state index contributed by atoms with van der Waals surface area (Å²) in [6.45, 7) is 8.07.